The van der Waals surface area contributed by atoms with Crippen LogP contribution in [-0.2, 0) is 5.41 Å². The predicted octanol–water partition coefficient (Wildman–Crippen LogP) is 2.95. The van der Waals surface area contributed by atoms with E-state index in [1.165, 1.54) is 12.8 Å². The van der Waals surface area contributed by atoms with Gasteiger partial charge in [0, 0.05) is 34.6 Å². The quantitative estimate of drug-likeness (QED) is 0.760. The first-order valence-electron chi connectivity index (χ1n) is 6.68. The number of fused-ring (bicyclic) bond motifs is 1. The van der Waals surface area contributed by atoms with E-state index in [4.69, 9.17) is 5.73 Å². The average molecular weight is 244 g/mol. The van der Waals surface area contributed by atoms with E-state index in [9.17, 15) is 5.11 Å². The van der Waals surface area contributed by atoms with Crippen LogP contribution < -0.4 is 5.73 Å². The molecule has 1 aromatic carbocycles. The number of phenolic OH excluding ortho intramolecular Hbond substituents is 1. The molecule has 3 nitrogen and oxygen atoms in total. The summed E-state index contributed by atoms with van der Waals surface area (Å²) in [6.07, 6.45) is 6.54. The standard InChI is InChI=1S/C15H20N2O/c1-10-8-17-12-5-4-11(14(18)13(10)12)15(9-16)6-2-3-7-15/h4-5,8,17-18H,2-3,6-7,9,16H2,1H3. The van der Waals surface area contributed by atoms with Crippen LogP contribution in [0.25, 0.3) is 10.9 Å². The lowest BCUT2D eigenvalue weighted by Crippen LogP contribution is -2.32. The molecule has 3 heteroatoms. The molecule has 2 aromatic rings. The average Bonchev–Trinajstić information content (AvgIpc) is 2.98. The second kappa shape index (κ2) is 4.02. The molecule has 0 radical (unpaired) electrons. The molecule has 0 saturated heterocycles. The Hall–Kier alpha value is -1.48. The van der Waals surface area contributed by atoms with E-state index >= 15 is 0 Å². The largest absolute Gasteiger partial charge is 0.507 e. The van der Waals surface area contributed by atoms with Gasteiger partial charge in [0.15, 0.2) is 0 Å². The van der Waals surface area contributed by atoms with Crippen LogP contribution in [0.1, 0.15) is 36.8 Å². The first-order valence-corrected chi connectivity index (χ1v) is 6.68. The molecule has 0 spiro atoms. The highest BCUT2D eigenvalue weighted by Gasteiger charge is 2.36. The number of phenols is 1. The fourth-order valence-corrected chi connectivity index (χ4v) is 3.43. The SMILES string of the molecule is Cc1c[nH]c2ccc(C3(CN)CCCC3)c(O)c12. The van der Waals surface area contributed by atoms with E-state index in [1.54, 1.807) is 0 Å². The number of nitrogens with one attached hydrogen (secondary N) is 1. The summed E-state index contributed by atoms with van der Waals surface area (Å²) in [6.45, 7) is 2.64. The van der Waals surface area contributed by atoms with Gasteiger partial charge in [-0.1, -0.05) is 18.9 Å². The highest BCUT2D eigenvalue weighted by atomic mass is 16.3. The normalized spacial score (nSPS) is 18.6. The van der Waals surface area contributed by atoms with E-state index in [-0.39, 0.29) is 5.41 Å². The number of aromatic amines is 1. The summed E-state index contributed by atoms with van der Waals surface area (Å²) in [7, 11) is 0. The van der Waals surface area contributed by atoms with E-state index in [0.29, 0.717) is 12.3 Å². The van der Waals surface area contributed by atoms with Crippen LogP contribution in [0.4, 0.5) is 0 Å². The molecule has 1 aliphatic rings. The van der Waals surface area contributed by atoms with Crippen LogP contribution in [0.15, 0.2) is 18.3 Å². The fourth-order valence-electron chi connectivity index (χ4n) is 3.43. The molecule has 1 aliphatic carbocycles. The second-order valence-corrected chi connectivity index (χ2v) is 5.55. The van der Waals surface area contributed by atoms with Crippen molar-refractivity contribution in [2.45, 2.75) is 38.0 Å². The molecular formula is C15H20N2O. The lowest BCUT2D eigenvalue weighted by Gasteiger charge is -2.28. The van der Waals surface area contributed by atoms with E-state index < -0.39 is 0 Å². The molecule has 3 rings (SSSR count). The number of hydrogen-bond donors (Lipinski definition) is 3. The Morgan fingerprint density at radius 3 is 2.72 bits per heavy atom. The molecule has 4 N–H and O–H groups in total. The molecule has 0 atom stereocenters. The van der Waals surface area contributed by atoms with Gasteiger partial charge < -0.3 is 15.8 Å². The molecule has 0 amide bonds. The smallest absolute Gasteiger partial charge is 0.129 e. The summed E-state index contributed by atoms with van der Waals surface area (Å²) < 4.78 is 0. The summed E-state index contributed by atoms with van der Waals surface area (Å²) in [4.78, 5) is 3.19. The molecule has 0 bridgehead atoms. The maximum absolute atomic E-state index is 10.6. The van der Waals surface area contributed by atoms with Gasteiger partial charge in [0.05, 0.1) is 0 Å². The number of aromatic nitrogens is 1. The first kappa shape index (κ1) is 11.6. The summed E-state index contributed by atoms with van der Waals surface area (Å²) in [5, 5.41) is 11.6. The summed E-state index contributed by atoms with van der Waals surface area (Å²) in [5.74, 6) is 0.429. The Morgan fingerprint density at radius 2 is 2.06 bits per heavy atom. The van der Waals surface area contributed by atoms with Crippen LogP contribution >= 0.6 is 0 Å². The number of aromatic hydroxyl groups is 1. The molecule has 18 heavy (non-hydrogen) atoms. The van der Waals surface area contributed by atoms with Crippen molar-refractivity contribution in [2.75, 3.05) is 6.54 Å². The van der Waals surface area contributed by atoms with Crippen molar-refractivity contribution in [3.05, 3.63) is 29.5 Å². The van der Waals surface area contributed by atoms with Crippen molar-refractivity contribution in [1.82, 2.24) is 4.98 Å². The highest BCUT2D eigenvalue weighted by molar-refractivity contribution is 5.90. The minimum Gasteiger partial charge on any atom is -0.507 e. The molecule has 96 valence electrons. The number of H-pyrrole nitrogens is 1. The minimum absolute atomic E-state index is 0.0119. The van der Waals surface area contributed by atoms with Crippen molar-refractivity contribution in [1.29, 1.82) is 0 Å². The Balaban J connectivity index is 2.23. The van der Waals surface area contributed by atoms with Crippen molar-refractivity contribution < 1.29 is 5.11 Å². The molecular weight excluding hydrogens is 224 g/mol. The number of rotatable bonds is 2. The maximum Gasteiger partial charge on any atom is 0.129 e. The van der Waals surface area contributed by atoms with Gasteiger partial charge >= 0.3 is 0 Å². The lowest BCUT2D eigenvalue weighted by atomic mass is 9.78. The number of benzene rings is 1. The molecule has 0 aliphatic heterocycles. The number of aryl methyl sites for hydroxylation is 1. The van der Waals surface area contributed by atoms with Crippen LogP contribution in [0.3, 0.4) is 0 Å². The summed E-state index contributed by atoms with van der Waals surface area (Å²) in [5.41, 5.74) is 9.13. The lowest BCUT2D eigenvalue weighted by molar-refractivity contribution is 0.409. The molecule has 1 saturated carbocycles. The first-order chi connectivity index (χ1) is 8.68. The van der Waals surface area contributed by atoms with Gasteiger partial charge in [-0.05, 0) is 31.4 Å². The van der Waals surface area contributed by atoms with Crippen LogP contribution in [-0.4, -0.2) is 16.6 Å². The van der Waals surface area contributed by atoms with Gasteiger partial charge in [-0.3, -0.25) is 0 Å². The van der Waals surface area contributed by atoms with Gasteiger partial charge in [0.25, 0.3) is 0 Å². The summed E-state index contributed by atoms with van der Waals surface area (Å²) >= 11 is 0. The zero-order valence-electron chi connectivity index (χ0n) is 10.8. The number of nitrogens with two attached hydrogens (primary N) is 1. The van der Waals surface area contributed by atoms with Gasteiger partial charge in [0.2, 0.25) is 0 Å². The van der Waals surface area contributed by atoms with Crippen molar-refractivity contribution >= 4 is 10.9 Å². The fraction of sp³-hybridized carbons (Fsp3) is 0.467. The molecule has 1 fully saturated rings. The molecule has 0 unspecified atom stereocenters. The Morgan fingerprint density at radius 1 is 1.33 bits per heavy atom. The zero-order valence-corrected chi connectivity index (χ0v) is 10.8. The topological polar surface area (TPSA) is 62.0 Å². The van der Waals surface area contributed by atoms with E-state index in [1.807, 2.05) is 19.2 Å². The maximum atomic E-state index is 10.6. The van der Waals surface area contributed by atoms with Crippen molar-refractivity contribution in [3.63, 3.8) is 0 Å². The van der Waals surface area contributed by atoms with Gasteiger partial charge in [-0.15, -0.1) is 0 Å². The van der Waals surface area contributed by atoms with Crippen LogP contribution in [0, 0.1) is 6.92 Å². The third kappa shape index (κ3) is 1.47. The van der Waals surface area contributed by atoms with E-state index in [0.717, 1.165) is 34.9 Å². The minimum atomic E-state index is -0.0119. The van der Waals surface area contributed by atoms with E-state index in [2.05, 4.69) is 11.1 Å². The van der Waals surface area contributed by atoms with Crippen molar-refractivity contribution in [2.24, 2.45) is 5.73 Å². The molecule has 1 heterocycles. The molecule has 1 aromatic heterocycles. The van der Waals surface area contributed by atoms with Crippen LogP contribution in [0.5, 0.6) is 5.75 Å². The third-order valence-corrected chi connectivity index (χ3v) is 4.54. The zero-order chi connectivity index (χ0) is 12.8. The van der Waals surface area contributed by atoms with Crippen LogP contribution in [0.2, 0.25) is 0 Å². The van der Waals surface area contributed by atoms with Gasteiger partial charge in [-0.25, -0.2) is 0 Å². The van der Waals surface area contributed by atoms with Crippen molar-refractivity contribution in [3.8, 4) is 5.75 Å². The van der Waals surface area contributed by atoms with Gasteiger partial charge in [0.1, 0.15) is 5.75 Å². The number of hydrogen-bond acceptors (Lipinski definition) is 2. The highest BCUT2D eigenvalue weighted by Crippen LogP contribution is 2.46. The second-order valence-electron chi connectivity index (χ2n) is 5.55. The Bertz CT molecular complexity index is 579. The Kier molecular flexibility index (Phi) is 2.59. The summed E-state index contributed by atoms with van der Waals surface area (Å²) in [6, 6.07) is 4.11. The monoisotopic (exact) mass is 244 g/mol. The predicted molar refractivity (Wildman–Crippen MR) is 73.9 cm³/mol. The Labute approximate surface area is 107 Å². The third-order valence-electron chi connectivity index (χ3n) is 4.54. The van der Waals surface area contributed by atoms with Gasteiger partial charge in [-0.2, -0.15) is 0 Å².